The molecule has 0 unspecified atom stereocenters. The highest BCUT2D eigenvalue weighted by molar-refractivity contribution is 5.79. The Labute approximate surface area is 115 Å². The second-order valence-electron chi connectivity index (χ2n) is 4.20. The van der Waals surface area contributed by atoms with Crippen LogP contribution in [-0.2, 0) is 18.3 Å². The van der Waals surface area contributed by atoms with E-state index in [0.29, 0.717) is 0 Å². The molecule has 0 radical (unpaired) electrons. The number of aromatic nitrogens is 2. The van der Waals surface area contributed by atoms with Gasteiger partial charge in [0.2, 0.25) is 0 Å². The normalized spacial score (nSPS) is 11.6. The fourth-order valence-electron chi connectivity index (χ4n) is 1.65. The number of hydrogen-bond acceptors (Lipinski definition) is 3. The van der Waals surface area contributed by atoms with E-state index in [9.17, 15) is 0 Å². The molecule has 6 nitrogen and oxygen atoms in total. The number of rotatable bonds is 8. The van der Waals surface area contributed by atoms with Crippen molar-refractivity contribution in [2.24, 2.45) is 12.0 Å². The van der Waals surface area contributed by atoms with Gasteiger partial charge in [0.1, 0.15) is 0 Å². The van der Waals surface area contributed by atoms with Crippen LogP contribution in [0, 0.1) is 0 Å². The van der Waals surface area contributed by atoms with Crippen molar-refractivity contribution >= 4 is 5.96 Å². The molecule has 0 aliphatic carbocycles. The van der Waals surface area contributed by atoms with E-state index in [0.717, 1.165) is 50.8 Å². The van der Waals surface area contributed by atoms with E-state index >= 15 is 0 Å². The fraction of sp³-hybridized carbons (Fsp3) is 0.692. The third kappa shape index (κ3) is 6.24. The lowest BCUT2D eigenvalue weighted by molar-refractivity contribution is 0.143. The summed E-state index contributed by atoms with van der Waals surface area (Å²) in [6.07, 6.45) is 3.94. The van der Waals surface area contributed by atoms with Crippen LogP contribution in [0.5, 0.6) is 0 Å². The number of ether oxygens (including phenoxy) is 1. The van der Waals surface area contributed by atoms with Crippen LogP contribution >= 0.6 is 0 Å². The van der Waals surface area contributed by atoms with Gasteiger partial charge in [0.05, 0.1) is 12.2 Å². The number of aryl methyl sites for hydroxylation is 1. The molecule has 0 aromatic carbocycles. The Hall–Kier alpha value is -1.56. The quantitative estimate of drug-likeness (QED) is 0.417. The highest BCUT2D eigenvalue weighted by Crippen LogP contribution is 1.94. The zero-order valence-corrected chi connectivity index (χ0v) is 12.1. The summed E-state index contributed by atoms with van der Waals surface area (Å²) in [5, 5.41) is 10.7. The average Bonchev–Trinajstić information content (AvgIpc) is 2.83. The van der Waals surface area contributed by atoms with Gasteiger partial charge in [0.25, 0.3) is 0 Å². The predicted octanol–water partition coefficient (Wildman–Crippen LogP) is 0.902. The summed E-state index contributed by atoms with van der Waals surface area (Å²) in [6.45, 7) is 5.26. The van der Waals surface area contributed by atoms with Gasteiger partial charge in [-0.25, -0.2) is 0 Å². The Morgan fingerprint density at radius 2 is 2.26 bits per heavy atom. The standard InChI is InChI=1S/C13H25N5O/c1-4-19-10-6-5-8-15-13(14-2)16-11-12-7-9-17-18(12)3/h7,9H,4-6,8,10-11H2,1-3H3,(H2,14,15,16). The van der Waals surface area contributed by atoms with E-state index in [2.05, 4.69) is 20.7 Å². The van der Waals surface area contributed by atoms with E-state index in [1.165, 1.54) is 0 Å². The van der Waals surface area contributed by atoms with Gasteiger partial charge in [-0.15, -0.1) is 0 Å². The van der Waals surface area contributed by atoms with Gasteiger partial charge < -0.3 is 15.4 Å². The van der Waals surface area contributed by atoms with Gasteiger partial charge in [0, 0.05) is 40.1 Å². The Balaban J connectivity index is 2.15. The zero-order valence-electron chi connectivity index (χ0n) is 12.1. The number of nitrogens with one attached hydrogen (secondary N) is 2. The van der Waals surface area contributed by atoms with Crippen molar-refractivity contribution in [2.75, 3.05) is 26.8 Å². The van der Waals surface area contributed by atoms with Crippen molar-refractivity contribution in [1.82, 2.24) is 20.4 Å². The summed E-state index contributed by atoms with van der Waals surface area (Å²) in [7, 11) is 3.71. The van der Waals surface area contributed by atoms with Gasteiger partial charge in [-0.05, 0) is 25.8 Å². The number of unbranched alkanes of at least 4 members (excludes halogenated alkanes) is 1. The van der Waals surface area contributed by atoms with Crippen molar-refractivity contribution < 1.29 is 4.74 Å². The minimum atomic E-state index is 0.717. The summed E-state index contributed by atoms with van der Waals surface area (Å²) < 4.78 is 7.14. The van der Waals surface area contributed by atoms with Crippen molar-refractivity contribution in [2.45, 2.75) is 26.3 Å². The summed E-state index contributed by atoms with van der Waals surface area (Å²) in [6, 6.07) is 1.99. The molecule has 1 heterocycles. The van der Waals surface area contributed by atoms with Crippen LogP contribution in [-0.4, -0.2) is 42.5 Å². The number of guanidine groups is 1. The molecule has 0 amide bonds. The fourth-order valence-corrected chi connectivity index (χ4v) is 1.65. The summed E-state index contributed by atoms with van der Waals surface area (Å²) in [5.74, 6) is 0.817. The summed E-state index contributed by atoms with van der Waals surface area (Å²) in [4.78, 5) is 4.18. The minimum absolute atomic E-state index is 0.717. The van der Waals surface area contributed by atoms with Crippen LogP contribution in [0.25, 0.3) is 0 Å². The first kappa shape index (κ1) is 15.5. The van der Waals surface area contributed by atoms with Crippen LogP contribution in [0.15, 0.2) is 17.3 Å². The molecule has 0 fully saturated rings. The molecule has 0 atom stereocenters. The van der Waals surface area contributed by atoms with Crippen LogP contribution in [0.1, 0.15) is 25.5 Å². The Morgan fingerprint density at radius 3 is 2.89 bits per heavy atom. The molecule has 2 N–H and O–H groups in total. The van der Waals surface area contributed by atoms with Crippen molar-refractivity contribution in [3.8, 4) is 0 Å². The van der Waals surface area contributed by atoms with E-state index in [-0.39, 0.29) is 0 Å². The molecule has 0 aliphatic heterocycles. The second kappa shape index (κ2) is 9.38. The molecule has 108 valence electrons. The highest BCUT2D eigenvalue weighted by Gasteiger charge is 2.00. The molecular weight excluding hydrogens is 242 g/mol. The molecular formula is C13H25N5O. The molecule has 19 heavy (non-hydrogen) atoms. The molecule has 0 saturated carbocycles. The molecule has 1 aromatic heterocycles. The Kier molecular flexibility index (Phi) is 7.65. The molecule has 0 saturated heterocycles. The Morgan fingerprint density at radius 1 is 1.42 bits per heavy atom. The first-order valence-corrected chi connectivity index (χ1v) is 6.77. The zero-order chi connectivity index (χ0) is 13.9. The topological polar surface area (TPSA) is 63.5 Å². The van der Waals surface area contributed by atoms with Gasteiger partial charge in [-0.1, -0.05) is 0 Å². The maximum Gasteiger partial charge on any atom is 0.191 e. The molecule has 0 bridgehead atoms. The van der Waals surface area contributed by atoms with E-state index in [1.807, 2.05) is 24.7 Å². The van der Waals surface area contributed by atoms with Crippen molar-refractivity contribution in [3.63, 3.8) is 0 Å². The van der Waals surface area contributed by atoms with E-state index in [4.69, 9.17) is 4.74 Å². The number of aliphatic imine (C=N–C) groups is 1. The Bertz CT molecular complexity index is 375. The lowest BCUT2D eigenvalue weighted by Gasteiger charge is -2.11. The van der Waals surface area contributed by atoms with Gasteiger partial charge >= 0.3 is 0 Å². The molecule has 6 heteroatoms. The SMILES string of the molecule is CCOCCCCNC(=NC)NCc1ccnn1C. The lowest BCUT2D eigenvalue weighted by atomic mass is 10.3. The van der Waals surface area contributed by atoms with Crippen molar-refractivity contribution in [3.05, 3.63) is 18.0 Å². The van der Waals surface area contributed by atoms with Crippen LogP contribution in [0.2, 0.25) is 0 Å². The molecule has 0 spiro atoms. The highest BCUT2D eigenvalue weighted by atomic mass is 16.5. The third-order valence-electron chi connectivity index (χ3n) is 2.80. The van der Waals surface area contributed by atoms with Gasteiger partial charge in [0.15, 0.2) is 5.96 Å². The maximum absolute atomic E-state index is 5.29. The number of hydrogen-bond donors (Lipinski definition) is 2. The van der Waals surface area contributed by atoms with E-state index in [1.54, 1.807) is 13.2 Å². The summed E-state index contributed by atoms with van der Waals surface area (Å²) >= 11 is 0. The second-order valence-corrected chi connectivity index (χ2v) is 4.20. The minimum Gasteiger partial charge on any atom is -0.382 e. The summed E-state index contributed by atoms with van der Waals surface area (Å²) in [5.41, 5.74) is 1.12. The smallest absolute Gasteiger partial charge is 0.191 e. The maximum atomic E-state index is 5.29. The average molecular weight is 267 g/mol. The first-order valence-electron chi connectivity index (χ1n) is 6.77. The molecule has 0 aliphatic rings. The van der Waals surface area contributed by atoms with Crippen LogP contribution in [0.4, 0.5) is 0 Å². The third-order valence-corrected chi connectivity index (χ3v) is 2.80. The van der Waals surface area contributed by atoms with Crippen LogP contribution < -0.4 is 10.6 Å². The van der Waals surface area contributed by atoms with Crippen molar-refractivity contribution in [1.29, 1.82) is 0 Å². The predicted molar refractivity (Wildman–Crippen MR) is 77.1 cm³/mol. The first-order chi connectivity index (χ1) is 9.27. The monoisotopic (exact) mass is 267 g/mol. The molecule has 1 rings (SSSR count). The van der Waals surface area contributed by atoms with Crippen LogP contribution in [0.3, 0.4) is 0 Å². The largest absolute Gasteiger partial charge is 0.382 e. The lowest BCUT2D eigenvalue weighted by Crippen LogP contribution is -2.37. The van der Waals surface area contributed by atoms with E-state index < -0.39 is 0 Å². The van der Waals surface area contributed by atoms with Gasteiger partial charge in [-0.2, -0.15) is 5.10 Å². The number of nitrogens with zero attached hydrogens (tertiary/aromatic N) is 3. The van der Waals surface area contributed by atoms with Gasteiger partial charge in [-0.3, -0.25) is 9.67 Å². The molecule has 1 aromatic rings.